The molecule has 1 aliphatic carbocycles. The predicted octanol–water partition coefficient (Wildman–Crippen LogP) is 2.99. The first-order valence-corrected chi connectivity index (χ1v) is 11.0. The summed E-state index contributed by atoms with van der Waals surface area (Å²) in [5.74, 6) is 0.864. The summed E-state index contributed by atoms with van der Waals surface area (Å²) >= 11 is 0. The predicted molar refractivity (Wildman–Crippen MR) is 123 cm³/mol. The lowest BCUT2D eigenvalue weighted by Crippen LogP contribution is -2.26. The van der Waals surface area contributed by atoms with E-state index in [-0.39, 0.29) is 0 Å². The molecule has 32 heavy (non-hydrogen) atoms. The first kappa shape index (κ1) is 19.0. The van der Waals surface area contributed by atoms with Gasteiger partial charge in [-0.2, -0.15) is 5.10 Å². The summed E-state index contributed by atoms with van der Waals surface area (Å²) in [6, 6.07) is 7.98. The van der Waals surface area contributed by atoms with Crippen molar-refractivity contribution in [2.75, 3.05) is 12.3 Å². The molecule has 4 heterocycles. The number of nitrogen functional groups attached to an aromatic ring is 1. The number of aromatic amines is 1. The lowest BCUT2D eigenvalue weighted by atomic mass is 9.85. The Balaban J connectivity index is 1.19. The highest BCUT2D eigenvalue weighted by Crippen LogP contribution is 2.28. The fraction of sp³-hybridized carbons (Fsp3) is 0.304. The van der Waals surface area contributed by atoms with Crippen molar-refractivity contribution in [3.05, 3.63) is 60.3 Å². The van der Waals surface area contributed by atoms with Gasteiger partial charge in [0.1, 0.15) is 11.3 Å². The molecule has 0 saturated heterocycles. The third kappa shape index (κ3) is 3.60. The first-order chi connectivity index (χ1) is 15.7. The van der Waals surface area contributed by atoms with Crippen LogP contribution in [0.1, 0.15) is 30.5 Å². The maximum Gasteiger partial charge on any atom is 0.137 e. The number of nitrogens with zero attached hydrogens (tertiary/aromatic N) is 6. The summed E-state index contributed by atoms with van der Waals surface area (Å²) in [6.07, 6.45) is 12.0. The van der Waals surface area contributed by atoms with Crippen LogP contribution in [0.2, 0.25) is 0 Å². The number of pyridine rings is 1. The molecule has 0 radical (unpaired) electrons. The number of nitrogens with one attached hydrogen (secondary N) is 2. The van der Waals surface area contributed by atoms with Gasteiger partial charge in [0.25, 0.3) is 0 Å². The molecule has 0 atom stereocenters. The van der Waals surface area contributed by atoms with Crippen LogP contribution in [0, 0.1) is 5.92 Å². The fourth-order valence-corrected chi connectivity index (χ4v) is 4.34. The van der Waals surface area contributed by atoms with Crippen LogP contribution in [0.3, 0.4) is 0 Å². The van der Waals surface area contributed by atoms with Crippen molar-refractivity contribution in [3.8, 4) is 11.3 Å². The third-order valence-electron chi connectivity index (χ3n) is 6.27. The van der Waals surface area contributed by atoms with E-state index in [1.807, 2.05) is 18.3 Å². The van der Waals surface area contributed by atoms with E-state index in [0.717, 1.165) is 52.5 Å². The molecular weight excluding hydrogens is 402 g/mol. The van der Waals surface area contributed by atoms with Crippen molar-refractivity contribution >= 4 is 22.2 Å². The number of nitrogens with two attached hydrogens (primary N) is 1. The summed E-state index contributed by atoms with van der Waals surface area (Å²) in [4.78, 5) is 4.74. The van der Waals surface area contributed by atoms with Crippen LogP contribution < -0.4 is 11.1 Å². The summed E-state index contributed by atoms with van der Waals surface area (Å²) in [6.45, 7) is 2.54. The van der Waals surface area contributed by atoms with Crippen LogP contribution in [0.4, 0.5) is 5.69 Å². The zero-order valence-electron chi connectivity index (χ0n) is 17.7. The molecule has 1 saturated carbocycles. The molecule has 0 bridgehead atoms. The van der Waals surface area contributed by atoms with Crippen LogP contribution in [0.25, 0.3) is 27.8 Å². The van der Waals surface area contributed by atoms with Crippen LogP contribution >= 0.6 is 0 Å². The van der Waals surface area contributed by atoms with Crippen LogP contribution in [-0.4, -0.2) is 41.1 Å². The Morgan fingerprint density at radius 3 is 2.97 bits per heavy atom. The summed E-state index contributed by atoms with van der Waals surface area (Å²) in [7, 11) is 0. The van der Waals surface area contributed by atoms with E-state index in [9.17, 15) is 0 Å². The lowest BCUT2D eigenvalue weighted by molar-refractivity contribution is 0.301. The number of anilines is 1. The van der Waals surface area contributed by atoms with Crippen molar-refractivity contribution in [2.45, 2.75) is 32.4 Å². The number of fused-ring (bicyclic) bond motifs is 2. The molecule has 0 spiro atoms. The van der Waals surface area contributed by atoms with Crippen molar-refractivity contribution in [1.82, 2.24) is 39.9 Å². The van der Waals surface area contributed by atoms with Gasteiger partial charge in [0.05, 0.1) is 30.1 Å². The van der Waals surface area contributed by atoms with E-state index < -0.39 is 0 Å². The molecule has 162 valence electrons. The van der Waals surface area contributed by atoms with Gasteiger partial charge in [0, 0.05) is 35.6 Å². The number of rotatable bonds is 7. The Labute approximate surface area is 184 Å². The minimum absolute atomic E-state index is 0.542. The molecular formula is C23H25N9. The molecule has 4 aromatic heterocycles. The minimum Gasteiger partial charge on any atom is -0.399 e. The van der Waals surface area contributed by atoms with E-state index in [1.54, 1.807) is 10.9 Å². The quantitative estimate of drug-likeness (QED) is 0.344. The Kier molecular flexibility index (Phi) is 4.61. The average molecular weight is 428 g/mol. The lowest BCUT2D eigenvalue weighted by Gasteiger charge is -2.25. The number of aromatic nitrogens is 7. The maximum absolute atomic E-state index is 6.04. The molecule has 4 N–H and O–H groups in total. The molecule has 0 unspecified atom stereocenters. The first-order valence-electron chi connectivity index (χ1n) is 11.0. The van der Waals surface area contributed by atoms with Crippen LogP contribution in [0.15, 0.2) is 49.1 Å². The number of hydrogen-bond donors (Lipinski definition) is 3. The smallest absolute Gasteiger partial charge is 0.137 e. The zero-order valence-corrected chi connectivity index (χ0v) is 17.7. The monoisotopic (exact) mass is 427 g/mol. The third-order valence-corrected chi connectivity index (χ3v) is 6.27. The van der Waals surface area contributed by atoms with Gasteiger partial charge in [-0.3, -0.25) is 5.10 Å². The molecule has 0 aliphatic heterocycles. The van der Waals surface area contributed by atoms with Gasteiger partial charge in [-0.15, -0.1) is 5.10 Å². The molecule has 6 rings (SSSR count). The van der Waals surface area contributed by atoms with E-state index in [4.69, 9.17) is 10.7 Å². The highest BCUT2D eigenvalue weighted by molar-refractivity contribution is 5.95. The topological polar surface area (TPSA) is 115 Å². The number of benzene rings is 1. The van der Waals surface area contributed by atoms with Crippen molar-refractivity contribution < 1.29 is 0 Å². The van der Waals surface area contributed by atoms with Crippen LogP contribution in [-0.2, 0) is 13.1 Å². The summed E-state index contributed by atoms with van der Waals surface area (Å²) in [5, 5.41) is 20.3. The highest BCUT2D eigenvalue weighted by atomic mass is 15.4. The largest absolute Gasteiger partial charge is 0.399 e. The van der Waals surface area contributed by atoms with Gasteiger partial charge in [-0.05, 0) is 49.1 Å². The summed E-state index contributed by atoms with van der Waals surface area (Å²) in [5.41, 5.74) is 12.4. The Morgan fingerprint density at radius 1 is 1.16 bits per heavy atom. The van der Waals surface area contributed by atoms with Crippen molar-refractivity contribution in [1.29, 1.82) is 0 Å². The molecule has 5 aromatic rings. The Hall–Kier alpha value is -3.72. The standard InChI is InChI=1S/C23H25N9/c24-17-6-19(20-10-26-28-21(20)7-17)22-14-32(30-29-22)13-18-12-31-11-16(4-5-23(31)27-18)9-25-8-15-2-1-3-15/h4-7,10-12,14-15,25H,1-3,8-9,13,24H2,(H,26,28). The van der Waals surface area contributed by atoms with E-state index in [1.165, 1.54) is 24.8 Å². The molecule has 1 aliphatic rings. The second-order valence-electron chi connectivity index (χ2n) is 8.66. The second-order valence-corrected chi connectivity index (χ2v) is 8.66. The van der Waals surface area contributed by atoms with Crippen molar-refractivity contribution in [2.24, 2.45) is 5.92 Å². The molecule has 1 aromatic carbocycles. The SMILES string of the molecule is Nc1cc(-c2cn(Cc3cn4cc(CNCC5CCC5)ccc4n3)nn2)c2cn[nH]c2c1. The second kappa shape index (κ2) is 7.76. The maximum atomic E-state index is 6.04. The molecule has 9 heteroatoms. The summed E-state index contributed by atoms with van der Waals surface area (Å²) < 4.78 is 3.88. The highest BCUT2D eigenvalue weighted by Gasteiger charge is 2.16. The number of imidazole rings is 1. The number of H-pyrrole nitrogens is 1. The molecule has 0 amide bonds. The van der Waals surface area contributed by atoms with Gasteiger partial charge in [-0.1, -0.05) is 17.7 Å². The molecule has 9 nitrogen and oxygen atoms in total. The Morgan fingerprint density at radius 2 is 2.09 bits per heavy atom. The fourth-order valence-electron chi connectivity index (χ4n) is 4.34. The van der Waals surface area contributed by atoms with Crippen molar-refractivity contribution in [3.63, 3.8) is 0 Å². The van der Waals surface area contributed by atoms with Gasteiger partial charge in [0.15, 0.2) is 0 Å². The number of hydrogen-bond acceptors (Lipinski definition) is 6. The van der Waals surface area contributed by atoms with Gasteiger partial charge in [-0.25, -0.2) is 9.67 Å². The normalized spacial score (nSPS) is 14.4. The van der Waals surface area contributed by atoms with Gasteiger partial charge < -0.3 is 15.5 Å². The molecule has 1 fully saturated rings. The van der Waals surface area contributed by atoms with E-state index >= 15 is 0 Å². The Bertz CT molecular complexity index is 1390. The van der Waals surface area contributed by atoms with E-state index in [2.05, 4.69) is 54.8 Å². The van der Waals surface area contributed by atoms with Gasteiger partial charge in [0.2, 0.25) is 0 Å². The van der Waals surface area contributed by atoms with E-state index in [0.29, 0.717) is 12.2 Å². The minimum atomic E-state index is 0.542. The van der Waals surface area contributed by atoms with Gasteiger partial charge >= 0.3 is 0 Å². The van der Waals surface area contributed by atoms with Crippen LogP contribution in [0.5, 0.6) is 0 Å². The zero-order chi connectivity index (χ0) is 21.5. The average Bonchev–Trinajstić information content (AvgIpc) is 3.48.